The van der Waals surface area contributed by atoms with Gasteiger partial charge in [0.15, 0.2) is 0 Å². The zero-order valence-corrected chi connectivity index (χ0v) is 16.9. The molecule has 2 N–H and O–H groups in total. The van der Waals surface area contributed by atoms with Gasteiger partial charge in [-0.1, -0.05) is 49.9 Å². The van der Waals surface area contributed by atoms with Crippen LogP contribution in [0.5, 0.6) is 0 Å². The molecule has 28 heavy (non-hydrogen) atoms. The molecule has 2 amide bonds. The highest BCUT2D eigenvalue weighted by molar-refractivity contribution is 6.02. The number of aryl methyl sites for hydroxylation is 2. The molecule has 0 bridgehead atoms. The van der Waals surface area contributed by atoms with Crippen LogP contribution in [0.1, 0.15) is 62.5 Å². The summed E-state index contributed by atoms with van der Waals surface area (Å²) in [6.45, 7) is 4.09. The first-order chi connectivity index (χ1) is 13.6. The molecule has 4 nitrogen and oxygen atoms in total. The molecule has 2 aromatic carbocycles. The fourth-order valence-electron chi connectivity index (χ4n) is 3.91. The SMILES string of the molecule is Cc1cccc2c1-c1c(C)cccc1NC(=O)CCCCCCCCC(=O)N2. The summed E-state index contributed by atoms with van der Waals surface area (Å²) in [4.78, 5) is 25.0. The van der Waals surface area contributed by atoms with Crippen molar-refractivity contribution < 1.29 is 9.59 Å². The van der Waals surface area contributed by atoms with E-state index in [9.17, 15) is 9.59 Å². The Labute approximate surface area is 167 Å². The molecule has 0 radical (unpaired) electrons. The zero-order chi connectivity index (χ0) is 19.9. The molecule has 0 atom stereocenters. The van der Waals surface area contributed by atoms with Gasteiger partial charge in [-0.15, -0.1) is 0 Å². The first-order valence-electron chi connectivity index (χ1n) is 10.4. The molecular weight excluding hydrogens is 348 g/mol. The number of nitrogens with one attached hydrogen (secondary N) is 2. The molecule has 1 aliphatic rings. The summed E-state index contributed by atoms with van der Waals surface area (Å²) in [6, 6.07) is 11.9. The molecule has 148 valence electrons. The van der Waals surface area contributed by atoms with Gasteiger partial charge in [0.2, 0.25) is 11.8 Å². The van der Waals surface area contributed by atoms with Crippen LogP contribution in [0.3, 0.4) is 0 Å². The summed E-state index contributed by atoms with van der Waals surface area (Å²) in [5.74, 6) is 0.108. The number of anilines is 2. The molecule has 0 spiro atoms. The molecule has 2 aromatic rings. The number of rotatable bonds is 0. The highest BCUT2D eigenvalue weighted by atomic mass is 16.2. The lowest BCUT2D eigenvalue weighted by atomic mass is 9.93. The Balaban J connectivity index is 2.05. The van der Waals surface area contributed by atoms with Crippen molar-refractivity contribution in [1.29, 1.82) is 0 Å². The van der Waals surface area contributed by atoms with Gasteiger partial charge in [0.1, 0.15) is 0 Å². The average molecular weight is 379 g/mol. The minimum absolute atomic E-state index is 0.0538. The predicted molar refractivity (Wildman–Crippen MR) is 116 cm³/mol. The van der Waals surface area contributed by atoms with Gasteiger partial charge in [0, 0.05) is 35.3 Å². The van der Waals surface area contributed by atoms with Gasteiger partial charge >= 0.3 is 0 Å². The molecule has 0 saturated heterocycles. The van der Waals surface area contributed by atoms with E-state index >= 15 is 0 Å². The number of carbonyl (C=O) groups is 2. The monoisotopic (exact) mass is 378 g/mol. The molecule has 1 aliphatic heterocycles. The lowest BCUT2D eigenvalue weighted by Gasteiger charge is -2.20. The molecule has 0 unspecified atom stereocenters. The molecule has 3 rings (SSSR count). The van der Waals surface area contributed by atoms with Crippen LogP contribution < -0.4 is 10.6 Å². The molecule has 0 saturated carbocycles. The highest BCUT2D eigenvalue weighted by Gasteiger charge is 2.17. The van der Waals surface area contributed by atoms with Gasteiger partial charge < -0.3 is 10.6 Å². The van der Waals surface area contributed by atoms with Crippen LogP contribution in [0.15, 0.2) is 36.4 Å². The Bertz CT molecular complexity index is 786. The van der Waals surface area contributed by atoms with E-state index in [1.807, 2.05) is 50.2 Å². The molecule has 0 aromatic heterocycles. The maximum atomic E-state index is 12.5. The molecular formula is C24H30N2O2. The van der Waals surface area contributed by atoms with Gasteiger partial charge in [-0.2, -0.15) is 0 Å². The van der Waals surface area contributed by atoms with E-state index in [4.69, 9.17) is 0 Å². The summed E-state index contributed by atoms with van der Waals surface area (Å²) in [5.41, 5.74) is 5.73. The third-order valence-corrected chi connectivity index (χ3v) is 5.40. The van der Waals surface area contributed by atoms with Crippen molar-refractivity contribution in [2.75, 3.05) is 10.6 Å². The van der Waals surface area contributed by atoms with Gasteiger partial charge in [0.25, 0.3) is 0 Å². The third-order valence-electron chi connectivity index (χ3n) is 5.40. The standard InChI is InChI=1S/C24H30N2O2/c1-17-11-9-13-19-23(17)24-18(2)12-10-14-20(24)26-22(28)16-8-6-4-3-5-7-15-21(27)25-19/h9-14H,3-8,15-16H2,1-2H3,(H,25,27)(H,26,28). The van der Waals surface area contributed by atoms with E-state index in [-0.39, 0.29) is 11.8 Å². The van der Waals surface area contributed by atoms with Gasteiger partial charge in [-0.3, -0.25) is 9.59 Å². The Morgan fingerprint density at radius 3 is 1.43 bits per heavy atom. The number of carbonyl (C=O) groups excluding carboxylic acids is 2. The van der Waals surface area contributed by atoms with Crippen molar-refractivity contribution in [2.45, 2.75) is 65.2 Å². The Hall–Kier alpha value is -2.62. The average Bonchev–Trinajstić information content (AvgIpc) is 2.65. The topological polar surface area (TPSA) is 58.2 Å². The second-order valence-corrected chi connectivity index (χ2v) is 7.71. The van der Waals surface area contributed by atoms with E-state index in [0.29, 0.717) is 12.8 Å². The molecule has 4 heteroatoms. The number of hydrogen-bond acceptors (Lipinski definition) is 2. The van der Waals surface area contributed by atoms with E-state index in [1.54, 1.807) is 0 Å². The Morgan fingerprint density at radius 1 is 0.607 bits per heavy atom. The number of fused-ring (bicyclic) bond motifs is 3. The van der Waals surface area contributed by atoms with E-state index < -0.39 is 0 Å². The minimum Gasteiger partial charge on any atom is -0.326 e. The molecule has 1 heterocycles. The first kappa shape index (κ1) is 20.1. The smallest absolute Gasteiger partial charge is 0.224 e. The largest absolute Gasteiger partial charge is 0.326 e. The van der Waals surface area contributed by atoms with Crippen LogP contribution in [0, 0.1) is 13.8 Å². The second-order valence-electron chi connectivity index (χ2n) is 7.71. The van der Waals surface area contributed by atoms with Crippen molar-refractivity contribution in [3.8, 4) is 11.1 Å². The van der Waals surface area contributed by atoms with Crippen LogP contribution in [0.25, 0.3) is 11.1 Å². The van der Waals surface area contributed by atoms with Crippen LogP contribution in [-0.2, 0) is 9.59 Å². The highest BCUT2D eigenvalue weighted by Crippen LogP contribution is 2.39. The maximum absolute atomic E-state index is 12.5. The van der Waals surface area contributed by atoms with Crippen molar-refractivity contribution in [1.82, 2.24) is 0 Å². The van der Waals surface area contributed by atoms with Crippen molar-refractivity contribution in [2.24, 2.45) is 0 Å². The maximum Gasteiger partial charge on any atom is 0.224 e. The summed E-state index contributed by atoms with van der Waals surface area (Å²) < 4.78 is 0. The lowest BCUT2D eigenvalue weighted by Crippen LogP contribution is -2.15. The van der Waals surface area contributed by atoms with Crippen LogP contribution in [0.2, 0.25) is 0 Å². The zero-order valence-electron chi connectivity index (χ0n) is 16.9. The van der Waals surface area contributed by atoms with E-state index in [1.165, 1.54) is 0 Å². The molecule has 0 aliphatic carbocycles. The summed E-state index contributed by atoms with van der Waals surface area (Å²) >= 11 is 0. The number of benzene rings is 2. The van der Waals surface area contributed by atoms with Crippen LogP contribution >= 0.6 is 0 Å². The fraction of sp³-hybridized carbons (Fsp3) is 0.417. The van der Waals surface area contributed by atoms with Crippen LogP contribution in [0.4, 0.5) is 11.4 Å². The fourth-order valence-corrected chi connectivity index (χ4v) is 3.91. The molecule has 0 fully saturated rings. The summed E-state index contributed by atoms with van der Waals surface area (Å²) in [6.07, 6.45) is 7.26. The van der Waals surface area contributed by atoms with Crippen molar-refractivity contribution in [3.63, 3.8) is 0 Å². The van der Waals surface area contributed by atoms with Crippen molar-refractivity contribution >= 4 is 23.2 Å². The predicted octanol–water partition coefficient (Wildman–Crippen LogP) is 5.98. The summed E-state index contributed by atoms with van der Waals surface area (Å²) in [5, 5.41) is 6.22. The quantitative estimate of drug-likeness (QED) is 0.592. The third kappa shape index (κ3) is 5.00. The lowest BCUT2D eigenvalue weighted by molar-refractivity contribution is -0.117. The van der Waals surface area contributed by atoms with Crippen molar-refractivity contribution in [3.05, 3.63) is 47.5 Å². The van der Waals surface area contributed by atoms with Gasteiger partial charge in [0.05, 0.1) is 0 Å². The van der Waals surface area contributed by atoms with Crippen LogP contribution in [-0.4, -0.2) is 11.8 Å². The Kier molecular flexibility index (Phi) is 6.85. The minimum atomic E-state index is 0.0538. The number of hydrogen-bond donors (Lipinski definition) is 2. The summed E-state index contributed by atoms with van der Waals surface area (Å²) in [7, 11) is 0. The first-order valence-corrected chi connectivity index (χ1v) is 10.4. The number of amides is 2. The van der Waals surface area contributed by atoms with Gasteiger partial charge in [-0.25, -0.2) is 0 Å². The Morgan fingerprint density at radius 2 is 1.00 bits per heavy atom. The second kappa shape index (κ2) is 9.54. The van der Waals surface area contributed by atoms with E-state index in [2.05, 4.69) is 10.6 Å². The normalized spacial score (nSPS) is 16.5. The van der Waals surface area contributed by atoms with E-state index in [0.717, 1.165) is 72.2 Å². The van der Waals surface area contributed by atoms with Gasteiger partial charge in [-0.05, 0) is 49.9 Å².